The van der Waals surface area contributed by atoms with E-state index in [4.69, 9.17) is 29.4 Å². The zero-order valence-electron chi connectivity index (χ0n) is 26.6. The molecular formula is C35H35N3O8S. The van der Waals surface area contributed by atoms with Crippen molar-refractivity contribution in [2.45, 2.75) is 19.4 Å². The first-order valence-corrected chi connectivity index (χ1v) is 15.5. The second-order valence-electron chi connectivity index (χ2n) is 10.3. The number of rotatable bonds is 11. The number of methoxy groups -OCH3 is 4. The van der Waals surface area contributed by atoms with Crippen LogP contribution in [0.25, 0.3) is 17.5 Å². The third-order valence-corrected chi connectivity index (χ3v) is 8.74. The first-order chi connectivity index (χ1) is 22.8. The third-order valence-electron chi connectivity index (χ3n) is 7.63. The highest BCUT2D eigenvalue weighted by molar-refractivity contribution is 7.07. The number of amides is 1. The summed E-state index contributed by atoms with van der Waals surface area (Å²) >= 11 is 1.08. The maximum absolute atomic E-state index is 14.4. The van der Waals surface area contributed by atoms with E-state index in [0.717, 1.165) is 16.9 Å². The molecule has 0 fully saturated rings. The number of hydrogen-bond donors (Lipinski definition) is 2. The number of thiazole rings is 1. The molecule has 0 saturated heterocycles. The molecule has 5 rings (SSSR count). The van der Waals surface area contributed by atoms with E-state index >= 15 is 0 Å². The second-order valence-corrected chi connectivity index (χ2v) is 11.3. The number of nitrogens with two attached hydrogens (primary N) is 1. The lowest BCUT2D eigenvalue weighted by molar-refractivity contribution is -0.138. The maximum atomic E-state index is 14.4. The number of esters is 1. The highest BCUT2D eigenvalue weighted by Gasteiger charge is 2.41. The van der Waals surface area contributed by atoms with Crippen LogP contribution in [-0.4, -0.2) is 51.5 Å². The van der Waals surface area contributed by atoms with Crippen LogP contribution in [0.3, 0.4) is 0 Å². The molecule has 1 aliphatic heterocycles. The van der Waals surface area contributed by atoms with Crippen LogP contribution in [0.2, 0.25) is 0 Å². The Morgan fingerprint density at radius 1 is 0.894 bits per heavy atom. The fraction of sp³-hybridized carbons (Fsp3) is 0.229. The SMILES string of the molecule is CCOC(=O)C1=C(N)n2c(s/c(=C/c3ccc(OC)c(OC)c3)c2=O)=C(C(=O)NCc2ccccc2)C1c1cccc(OC)c1OC. The number of hydrogen-bond acceptors (Lipinski definition) is 10. The fourth-order valence-corrected chi connectivity index (χ4v) is 6.67. The Bertz CT molecular complexity index is 2030. The van der Waals surface area contributed by atoms with Gasteiger partial charge in [-0.25, -0.2) is 4.79 Å². The molecule has 12 heteroatoms. The number of para-hydroxylation sites is 1. The number of fused-ring (bicyclic) bond motifs is 1. The Kier molecular flexibility index (Phi) is 10.0. The number of ether oxygens (including phenoxy) is 5. The van der Waals surface area contributed by atoms with E-state index in [1.807, 2.05) is 30.3 Å². The summed E-state index contributed by atoms with van der Waals surface area (Å²) in [4.78, 5) is 42.1. The fourth-order valence-electron chi connectivity index (χ4n) is 5.49. The van der Waals surface area contributed by atoms with Crippen molar-refractivity contribution in [1.82, 2.24) is 9.88 Å². The van der Waals surface area contributed by atoms with Crippen molar-refractivity contribution in [2.24, 2.45) is 5.73 Å². The van der Waals surface area contributed by atoms with Crippen molar-refractivity contribution >= 4 is 40.7 Å². The molecule has 3 N–H and O–H groups in total. The molecule has 3 aromatic carbocycles. The van der Waals surface area contributed by atoms with Gasteiger partial charge in [0.2, 0.25) is 0 Å². The van der Waals surface area contributed by atoms with E-state index in [9.17, 15) is 14.4 Å². The molecule has 1 amide bonds. The molecule has 1 aromatic heterocycles. The van der Waals surface area contributed by atoms with Crippen LogP contribution in [0.1, 0.15) is 29.5 Å². The summed E-state index contributed by atoms with van der Waals surface area (Å²) < 4.78 is 29.3. The summed E-state index contributed by atoms with van der Waals surface area (Å²) in [7, 11) is 6.01. The predicted octanol–water partition coefficient (Wildman–Crippen LogP) is 2.73. The number of aromatic nitrogens is 1. The van der Waals surface area contributed by atoms with E-state index < -0.39 is 23.4 Å². The smallest absolute Gasteiger partial charge is 0.338 e. The molecule has 0 bridgehead atoms. The molecule has 0 radical (unpaired) electrons. The normalized spacial score (nSPS) is 14.4. The Morgan fingerprint density at radius 3 is 2.28 bits per heavy atom. The zero-order valence-corrected chi connectivity index (χ0v) is 27.4. The molecule has 0 saturated carbocycles. The van der Waals surface area contributed by atoms with Crippen molar-refractivity contribution < 1.29 is 33.3 Å². The zero-order chi connectivity index (χ0) is 33.7. The van der Waals surface area contributed by atoms with Crippen LogP contribution in [0.4, 0.5) is 0 Å². The molecule has 11 nitrogen and oxygen atoms in total. The van der Waals surface area contributed by atoms with E-state index in [1.165, 1.54) is 33.0 Å². The van der Waals surface area contributed by atoms with Crippen molar-refractivity contribution in [1.29, 1.82) is 0 Å². The molecule has 1 aliphatic rings. The summed E-state index contributed by atoms with van der Waals surface area (Å²) in [5.74, 6) is -0.834. The topological polar surface area (TPSA) is 140 Å². The molecule has 4 aromatic rings. The number of benzene rings is 3. The average molecular weight is 658 g/mol. The van der Waals surface area contributed by atoms with Gasteiger partial charge in [-0.3, -0.25) is 14.2 Å². The van der Waals surface area contributed by atoms with Crippen LogP contribution in [0.15, 0.2) is 77.1 Å². The number of nitrogens with one attached hydrogen (secondary N) is 1. The molecule has 1 unspecified atom stereocenters. The van der Waals surface area contributed by atoms with Crippen LogP contribution in [0, 0.1) is 0 Å². The summed E-state index contributed by atoms with van der Waals surface area (Å²) in [6.45, 7) is 1.89. The standard InChI is InChI=1S/C35H35N3O8S/c1-6-46-35(41)28-27(22-13-10-14-24(43-3)30(22)45-5)29(32(39)37-19-20-11-8-7-9-12-20)34-38(31(28)36)33(40)26(47-34)18-21-15-16-23(42-2)25(17-21)44-4/h7-18,27H,6,19,36H2,1-5H3,(H,37,39)/b26-18+. The van der Waals surface area contributed by atoms with Crippen LogP contribution >= 0.6 is 11.3 Å². The van der Waals surface area contributed by atoms with Gasteiger partial charge in [0.1, 0.15) is 10.5 Å². The highest BCUT2D eigenvalue weighted by atomic mass is 32.1. The van der Waals surface area contributed by atoms with Gasteiger partial charge >= 0.3 is 5.97 Å². The van der Waals surface area contributed by atoms with E-state index in [2.05, 4.69) is 5.32 Å². The highest BCUT2D eigenvalue weighted by Crippen LogP contribution is 2.44. The number of carbonyl (C=O) groups excluding carboxylic acids is 2. The third kappa shape index (κ3) is 6.32. The van der Waals surface area contributed by atoms with Crippen LogP contribution in [0.5, 0.6) is 23.0 Å². The Hall–Kier alpha value is -5.49. The largest absolute Gasteiger partial charge is 0.493 e. The average Bonchev–Trinajstić information content (AvgIpc) is 3.41. The quantitative estimate of drug-likeness (QED) is 0.233. The number of nitrogens with zero attached hydrogens (tertiary/aromatic N) is 1. The van der Waals surface area contributed by atoms with Gasteiger partial charge in [0, 0.05) is 12.1 Å². The Balaban J connectivity index is 1.84. The maximum Gasteiger partial charge on any atom is 0.338 e. The van der Waals surface area contributed by atoms with Gasteiger partial charge in [-0.2, -0.15) is 0 Å². The lowest BCUT2D eigenvalue weighted by Gasteiger charge is -2.29. The molecule has 0 aliphatic carbocycles. The second kappa shape index (κ2) is 14.3. The molecule has 47 heavy (non-hydrogen) atoms. The van der Waals surface area contributed by atoms with Crippen LogP contribution in [-0.2, 0) is 20.9 Å². The van der Waals surface area contributed by atoms with Crippen molar-refractivity contribution in [3.8, 4) is 23.0 Å². The summed E-state index contributed by atoms with van der Waals surface area (Å²) in [5.41, 5.74) is 8.19. The first kappa shape index (κ1) is 32.9. The van der Waals surface area contributed by atoms with Gasteiger partial charge in [0.15, 0.2) is 23.0 Å². The van der Waals surface area contributed by atoms with Crippen molar-refractivity contribution in [2.75, 3.05) is 35.0 Å². The minimum absolute atomic E-state index is 0.0385. The van der Waals surface area contributed by atoms with Gasteiger partial charge < -0.3 is 34.7 Å². The number of carbonyl (C=O) groups is 2. The Morgan fingerprint density at radius 2 is 1.62 bits per heavy atom. The molecule has 1 atom stereocenters. The summed E-state index contributed by atoms with van der Waals surface area (Å²) in [6, 6.07) is 19.8. The Labute approximate surface area is 275 Å². The molecular weight excluding hydrogens is 622 g/mol. The van der Waals surface area contributed by atoms with E-state index in [0.29, 0.717) is 34.1 Å². The lowest BCUT2D eigenvalue weighted by Crippen LogP contribution is -2.43. The van der Waals surface area contributed by atoms with E-state index in [1.54, 1.807) is 49.4 Å². The van der Waals surface area contributed by atoms with Crippen LogP contribution < -0.4 is 44.8 Å². The van der Waals surface area contributed by atoms with Crippen molar-refractivity contribution in [3.63, 3.8) is 0 Å². The molecule has 2 heterocycles. The van der Waals surface area contributed by atoms with Gasteiger partial charge in [-0.15, -0.1) is 11.3 Å². The van der Waals surface area contributed by atoms with Gasteiger partial charge in [0.05, 0.1) is 56.6 Å². The van der Waals surface area contributed by atoms with Gasteiger partial charge in [-0.05, 0) is 42.3 Å². The summed E-state index contributed by atoms with van der Waals surface area (Å²) in [6.07, 6.45) is 1.66. The molecule has 0 spiro atoms. The monoisotopic (exact) mass is 657 g/mol. The first-order valence-electron chi connectivity index (χ1n) is 14.7. The van der Waals surface area contributed by atoms with Gasteiger partial charge in [-0.1, -0.05) is 48.5 Å². The summed E-state index contributed by atoms with van der Waals surface area (Å²) in [5, 5.41) is 2.97. The van der Waals surface area contributed by atoms with E-state index in [-0.39, 0.29) is 39.3 Å². The lowest BCUT2D eigenvalue weighted by atomic mass is 9.82. The van der Waals surface area contributed by atoms with Gasteiger partial charge in [0.25, 0.3) is 11.5 Å². The minimum Gasteiger partial charge on any atom is -0.493 e. The van der Waals surface area contributed by atoms with Crippen molar-refractivity contribution in [3.05, 3.63) is 109 Å². The minimum atomic E-state index is -1.08. The molecule has 244 valence electrons. The predicted molar refractivity (Wildman–Crippen MR) is 179 cm³/mol.